The first-order chi connectivity index (χ1) is 16.4. The summed E-state index contributed by atoms with van der Waals surface area (Å²) in [5.41, 5.74) is -0.406. The van der Waals surface area contributed by atoms with Crippen LogP contribution in [0.5, 0.6) is 0 Å². The van der Waals surface area contributed by atoms with Gasteiger partial charge in [0.05, 0.1) is 17.6 Å². The molecular weight excluding hydrogens is 484 g/mol. The summed E-state index contributed by atoms with van der Waals surface area (Å²) < 4.78 is 56.0. The molecule has 2 bridgehead atoms. The van der Waals surface area contributed by atoms with Gasteiger partial charge in [-0.05, 0) is 54.9 Å². The molecule has 2 amide bonds. The molecule has 3 aliphatic rings. The molecule has 0 aromatic heterocycles. The molecule has 184 valence electrons. The standard InChI is InChI=1S/C24H22F4N4O2S/c1-23-6-3-7-31(19-10-18(25)15(9-17(19)23)21(34)30-2)22(35)32(20(33)11-23)14-5-4-13(12-29)16(8-14)24(26,27)28/h4-5,9-10,16H,3,6-8,11H2,1-2H3,(H,30,34). The molecule has 1 aliphatic carbocycles. The molecule has 2 atom stereocenters. The lowest BCUT2D eigenvalue weighted by atomic mass is 9.74. The first-order valence-electron chi connectivity index (χ1n) is 11.0. The van der Waals surface area contributed by atoms with Crippen LogP contribution < -0.4 is 10.2 Å². The maximum atomic E-state index is 15.0. The molecule has 1 aromatic carbocycles. The van der Waals surface area contributed by atoms with Crippen molar-refractivity contribution in [1.29, 1.82) is 5.26 Å². The summed E-state index contributed by atoms with van der Waals surface area (Å²) in [5, 5.41) is 11.5. The topological polar surface area (TPSA) is 76.4 Å². The van der Waals surface area contributed by atoms with Gasteiger partial charge in [-0.3, -0.25) is 14.5 Å². The lowest BCUT2D eigenvalue weighted by Gasteiger charge is -2.40. The van der Waals surface area contributed by atoms with Crippen LogP contribution in [0.15, 0.2) is 35.6 Å². The number of hydrogen-bond acceptors (Lipinski definition) is 4. The van der Waals surface area contributed by atoms with Crippen LogP contribution in [0.3, 0.4) is 0 Å². The quantitative estimate of drug-likeness (QED) is 0.473. The summed E-state index contributed by atoms with van der Waals surface area (Å²) >= 11 is 5.61. The van der Waals surface area contributed by atoms with E-state index in [-0.39, 0.29) is 22.8 Å². The van der Waals surface area contributed by atoms with Gasteiger partial charge in [0, 0.05) is 48.8 Å². The molecule has 4 rings (SSSR count). The third-order valence-corrected chi connectivity index (χ3v) is 7.28. The van der Waals surface area contributed by atoms with Crippen molar-refractivity contribution in [2.45, 2.75) is 44.2 Å². The number of hydrogen-bond donors (Lipinski definition) is 1. The summed E-state index contributed by atoms with van der Waals surface area (Å²) in [7, 11) is 1.39. The number of rotatable bonds is 2. The van der Waals surface area contributed by atoms with E-state index < -0.39 is 47.1 Å². The summed E-state index contributed by atoms with van der Waals surface area (Å²) in [4.78, 5) is 28.4. The van der Waals surface area contributed by atoms with E-state index in [0.29, 0.717) is 30.6 Å². The summed E-state index contributed by atoms with van der Waals surface area (Å²) in [6.07, 6.45) is -1.89. The molecule has 0 saturated carbocycles. The Morgan fingerprint density at radius 1 is 1.31 bits per heavy atom. The van der Waals surface area contributed by atoms with E-state index >= 15 is 0 Å². The average Bonchev–Trinajstić information content (AvgIpc) is 2.90. The van der Waals surface area contributed by atoms with Crippen LogP contribution >= 0.6 is 12.2 Å². The number of halogens is 4. The highest BCUT2D eigenvalue weighted by Gasteiger charge is 2.47. The number of thiocarbonyl (C=S) groups is 1. The van der Waals surface area contributed by atoms with E-state index in [1.165, 1.54) is 25.3 Å². The van der Waals surface area contributed by atoms with Crippen LogP contribution in [-0.4, -0.2) is 41.6 Å². The van der Waals surface area contributed by atoms with Gasteiger partial charge in [0.25, 0.3) is 5.91 Å². The number of allylic oxidation sites excluding steroid dienone is 4. The Bertz CT molecular complexity index is 1230. The van der Waals surface area contributed by atoms with Crippen LogP contribution in [0.1, 0.15) is 48.5 Å². The summed E-state index contributed by atoms with van der Waals surface area (Å²) in [6, 6.07) is 4.22. The molecule has 2 aliphatic heterocycles. The monoisotopic (exact) mass is 506 g/mol. The highest BCUT2D eigenvalue weighted by atomic mass is 32.1. The maximum Gasteiger partial charge on any atom is 0.396 e. The molecule has 2 unspecified atom stereocenters. The normalized spacial score (nSPS) is 24.5. The van der Waals surface area contributed by atoms with Gasteiger partial charge in [0.1, 0.15) is 5.82 Å². The Morgan fingerprint density at radius 2 is 2.03 bits per heavy atom. The SMILES string of the molecule is CNC(=O)c1cc2c(cc1F)N1CCCC2(C)CC(=O)N(C2=CC=C(C#N)C(C(F)(F)F)C2)C1=S. The zero-order chi connectivity index (χ0) is 25.7. The summed E-state index contributed by atoms with van der Waals surface area (Å²) in [6.45, 7) is 2.14. The minimum atomic E-state index is -4.68. The van der Waals surface area contributed by atoms with Crippen molar-refractivity contribution in [1.82, 2.24) is 10.2 Å². The van der Waals surface area contributed by atoms with Gasteiger partial charge in [0.2, 0.25) is 5.91 Å². The predicted octanol–water partition coefficient (Wildman–Crippen LogP) is 4.48. The van der Waals surface area contributed by atoms with Crippen LogP contribution in [0.4, 0.5) is 23.2 Å². The molecular formula is C24H22F4N4O2S. The molecule has 0 spiro atoms. The molecule has 2 heterocycles. The van der Waals surface area contributed by atoms with Gasteiger partial charge < -0.3 is 10.2 Å². The molecule has 11 heteroatoms. The number of nitrogens with zero attached hydrogens (tertiary/aromatic N) is 3. The van der Waals surface area contributed by atoms with E-state index in [1.807, 2.05) is 6.92 Å². The Kier molecular flexibility index (Phi) is 6.21. The fraction of sp³-hybridized carbons (Fsp3) is 0.417. The lowest BCUT2D eigenvalue weighted by molar-refractivity contribution is -0.164. The van der Waals surface area contributed by atoms with E-state index in [0.717, 1.165) is 11.0 Å². The average molecular weight is 507 g/mol. The van der Waals surface area contributed by atoms with Crippen molar-refractivity contribution in [2.75, 3.05) is 18.5 Å². The number of amides is 2. The highest BCUT2D eigenvalue weighted by Crippen LogP contribution is 2.46. The Labute approximate surface area is 204 Å². The van der Waals surface area contributed by atoms with Crippen LogP contribution in [0.25, 0.3) is 0 Å². The number of anilines is 1. The third kappa shape index (κ3) is 4.20. The second-order valence-corrected chi connectivity index (χ2v) is 9.49. The number of alkyl halides is 3. The second kappa shape index (κ2) is 8.75. The minimum absolute atomic E-state index is 0.0291. The van der Waals surface area contributed by atoms with Crippen LogP contribution in [-0.2, 0) is 10.2 Å². The number of carbonyl (C=O) groups is 2. The van der Waals surface area contributed by atoms with Crippen LogP contribution in [0.2, 0.25) is 0 Å². The lowest BCUT2D eigenvalue weighted by Crippen LogP contribution is -2.49. The van der Waals surface area contributed by atoms with E-state index in [2.05, 4.69) is 5.32 Å². The van der Waals surface area contributed by atoms with Crippen molar-refractivity contribution >= 4 is 34.8 Å². The predicted molar refractivity (Wildman–Crippen MR) is 124 cm³/mol. The van der Waals surface area contributed by atoms with Crippen LogP contribution in [0, 0.1) is 23.1 Å². The molecule has 1 aromatic rings. The maximum absolute atomic E-state index is 15.0. The third-order valence-electron chi connectivity index (χ3n) is 6.88. The molecule has 6 nitrogen and oxygen atoms in total. The smallest absolute Gasteiger partial charge is 0.355 e. The van der Waals surface area contributed by atoms with Crippen molar-refractivity contribution in [3.8, 4) is 6.07 Å². The highest BCUT2D eigenvalue weighted by molar-refractivity contribution is 7.80. The Hall–Kier alpha value is -3.26. The van der Waals surface area contributed by atoms with Crippen molar-refractivity contribution < 1.29 is 27.2 Å². The number of benzene rings is 1. The first kappa shape index (κ1) is 24.9. The zero-order valence-electron chi connectivity index (χ0n) is 19.0. The van der Waals surface area contributed by atoms with Gasteiger partial charge in [-0.1, -0.05) is 6.92 Å². The van der Waals surface area contributed by atoms with Gasteiger partial charge in [-0.15, -0.1) is 0 Å². The number of carbonyl (C=O) groups excluding carboxylic acids is 2. The van der Waals surface area contributed by atoms with Crippen molar-refractivity contribution in [2.24, 2.45) is 5.92 Å². The minimum Gasteiger partial charge on any atom is -0.355 e. The van der Waals surface area contributed by atoms with Gasteiger partial charge >= 0.3 is 6.18 Å². The molecule has 0 fully saturated rings. The fourth-order valence-corrected chi connectivity index (χ4v) is 5.44. The zero-order valence-corrected chi connectivity index (χ0v) is 19.8. The Balaban J connectivity index is 1.85. The van der Waals surface area contributed by atoms with Gasteiger partial charge in [-0.2, -0.15) is 18.4 Å². The summed E-state index contributed by atoms with van der Waals surface area (Å²) in [5.74, 6) is -3.93. The fourth-order valence-electron chi connectivity index (χ4n) is 5.03. The number of nitriles is 1. The molecule has 0 radical (unpaired) electrons. The molecule has 35 heavy (non-hydrogen) atoms. The Morgan fingerprint density at radius 3 is 2.66 bits per heavy atom. The van der Waals surface area contributed by atoms with Gasteiger partial charge in [0.15, 0.2) is 5.11 Å². The van der Waals surface area contributed by atoms with E-state index in [9.17, 15) is 27.2 Å². The van der Waals surface area contributed by atoms with E-state index in [1.54, 1.807) is 11.0 Å². The van der Waals surface area contributed by atoms with Crippen molar-refractivity contribution in [3.63, 3.8) is 0 Å². The largest absolute Gasteiger partial charge is 0.396 e. The first-order valence-corrected chi connectivity index (χ1v) is 11.4. The van der Waals surface area contributed by atoms with E-state index in [4.69, 9.17) is 17.5 Å². The number of nitrogens with one attached hydrogen (secondary N) is 1. The molecule has 0 saturated heterocycles. The molecule has 1 N–H and O–H groups in total. The van der Waals surface area contributed by atoms with Crippen molar-refractivity contribution in [3.05, 3.63) is 52.5 Å². The second-order valence-electron chi connectivity index (χ2n) is 9.12. The van der Waals surface area contributed by atoms with Gasteiger partial charge in [-0.25, -0.2) is 4.39 Å².